The van der Waals surface area contributed by atoms with Gasteiger partial charge in [0.15, 0.2) is 0 Å². The molecule has 31 heavy (non-hydrogen) atoms. The number of aliphatic hydroxyl groups is 1. The summed E-state index contributed by atoms with van der Waals surface area (Å²) in [6.45, 7) is 0. The Morgan fingerprint density at radius 3 is 1.81 bits per heavy atom. The third-order valence-electron chi connectivity index (χ3n) is 4.27. The Labute approximate surface area is 172 Å². The molecular weight excluding hydrogens is 454 g/mol. The lowest BCUT2D eigenvalue weighted by atomic mass is 9.92. The molecule has 170 valence electrons. The Balaban J connectivity index is 2.14. The van der Waals surface area contributed by atoms with Crippen LogP contribution in [-0.2, 0) is 26.8 Å². The lowest BCUT2D eigenvalue weighted by Crippen LogP contribution is -2.53. The molecule has 0 bridgehead atoms. The fourth-order valence-corrected chi connectivity index (χ4v) is 3.31. The van der Waals surface area contributed by atoms with Crippen LogP contribution in [0.15, 0.2) is 53.4 Å². The average molecular weight is 470 g/mol. The van der Waals surface area contributed by atoms with E-state index >= 15 is 0 Å². The zero-order valence-electron chi connectivity index (χ0n) is 15.7. The van der Waals surface area contributed by atoms with Gasteiger partial charge in [0.1, 0.15) is 0 Å². The van der Waals surface area contributed by atoms with E-state index in [0.29, 0.717) is 17.7 Å². The van der Waals surface area contributed by atoms with Crippen LogP contribution < -0.4 is 10.0 Å². The van der Waals surface area contributed by atoms with Crippen molar-refractivity contribution in [3.8, 4) is 0 Å². The van der Waals surface area contributed by atoms with Gasteiger partial charge in [-0.05, 0) is 36.9 Å². The summed E-state index contributed by atoms with van der Waals surface area (Å²) in [5.41, 5.74) is -6.20. The van der Waals surface area contributed by atoms with Crippen molar-refractivity contribution < 1.29 is 44.7 Å². The first-order chi connectivity index (χ1) is 14.1. The zero-order chi connectivity index (χ0) is 23.7. The minimum atomic E-state index is -6.01. The number of carbonyl (C=O) groups excluding carboxylic acids is 1. The van der Waals surface area contributed by atoms with Gasteiger partial charge in [-0.3, -0.25) is 4.79 Å². The topological polar surface area (TPSA) is 95.5 Å². The molecule has 2 aromatic rings. The van der Waals surface area contributed by atoms with Crippen LogP contribution in [0.25, 0.3) is 0 Å². The molecule has 1 amide bonds. The van der Waals surface area contributed by atoms with Crippen molar-refractivity contribution in [1.29, 1.82) is 0 Å². The van der Waals surface area contributed by atoms with Gasteiger partial charge in [0.2, 0.25) is 15.9 Å². The van der Waals surface area contributed by atoms with Crippen molar-refractivity contribution in [2.75, 3.05) is 12.4 Å². The van der Waals surface area contributed by atoms with E-state index in [0.717, 1.165) is 12.1 Å². The average Bonchev–Trinajstić information content (AvgIpc) is 2.66. The highest BCUT2D eigenvalue weighted by Crippen LogP contribution is 2.50. The molecule has 0 aliphatic heterocycles. The summed E-state index contributed by atoms with van der Waals surface area (Å²) in [5, 5.41) is 11.6. The summed E-state index contributed by atoms with van der Waals surface area (Å²) >= 11 is 0. The van der Waals surface area contributed by atoms with E-state index < -0.39 is 39.4 Å². The predicted octanol–water partition coefficient (Wildman–Crippen LogP) is 3.09. The van der Waals surface area contributed by atoms with Gasteiger partial charge in [0, 0.05) is 11.3 Å². The summed E-state index contributed by atoms with van der Waals surface area (Å²) in [6, 6.07) is 7.68. The van der Waals surface area contributed by atoms with E-state index in [-0.39, 0.29) is 17.0 Å². The molecular formula is C18H16F6N2O4S. The summed E-state index contributed by atoms with van der Waals surface area (Å²) < 4.78 is 103. The summed E-state index contributed by atoms with van der Waals surface area (Å²) in [7, 11) is -2.43. The molecule has 2 rings (SSSR count). The summed E-state index contributed by atoms with van der Waals surface area (Å²) in [4.78, 5) is 12.0. The van der Waals surface area contributed by atoms with Gasteiger partial charge in [-0.15, -0.1) is 0 Å². The number of alkyl halides is 6. The van der Waals surface area contributed by atoms with Gasteiger partial charge in [0.05, 0.1) is 11.3 Å². The number of benzene rings is 2. The first-order valence-corrected chi connectivity index (χ1v) is 9.89. The van der Waals surface area contributed by atoms with Gasteiger partial charge < -0.3 is 10.4 Å². The van der Waals surface area contributed by atoms with Crippen molar-refractivity contribution in [2.24, 2.45) is 0 Å². The highest BCUT2D eigenvalue weighted by Gasteiger charge is 2.71. The van der Waals surface area contributed by atoms with E-state index in [1.54, 1.807) is 0 Å². The maximum Gasteiger partial charge on any atom is 0.430 e. The first-order valence-electron chi connectivity index (χ1n) is 8.40. The molecule has 0 fully saturated rings. The van der Waals surface area contributed by atoms with Crippen LogP contribution in [0.2, 0.25) is 0 Å². The minimum Gasteiger partial charge on any atom is -0.369 e. The van der Waals surface area contributed by atoms with Crippen LogP contribution in [-0.4, -0.2) is 38.8 Å². The molecule has 0 aromatic heterocycles. The van der Waals surface area contributed by atoms with Crippen molar-refractivity contribution in [3.05, 3.63) is 59.7 Å². The fraction of sp³-hybridized carbons (Fsp3) is 0.278. The Kier molecular flexibility index (Phi) is 6.73. The monoisotopic (exact) mass is 470 g/mol. The van der Waals surface area contributed by atoms with Gasteiger partial charge in [-0.1, -0.05) is 24.3 Å². The molecule has 6 nitrogen and oxygen atoms in total. The standard InChI is InChI=1S/C18H16F6N2O4S/c1-25-31(29,30)14-8-2-11(3-9-14)10-15(27)26-13-6-4-12(5-7-13)16(28,17(19,20)21)18(22,23)24/h2-9,25,28H,10H2,1H3,(H,26,27). The third-order valence-corrected chi connectivity index (χ3v) is 5.70. The number of amides is 1. The molecule has 0 saturated heterocycles. The molecule has 0 spiro atoms. The zero-order valence-corrected chi connectivity index (χ0v) is 16.5. The fourth-order valence-electron chi connectivity index (χ4n) is 2.58. The van der Waals surface area contributed by atoms with Crippen LogP contribution in [0.3, 0.4) is 0 Å². The minimum absolute atomic E-state index is 0.0310. The second-order valence-corrected chi connectivity index (χ2v) is 8.25. The van der Waals surface area contributed by atoms with Gasteiger partial charge in [0.25, 0.3) is 5.60 Å². The molecule has 2 aromatic carbocycles. The quantitative estimate of drug-likeness (QED) is 0.566. The maximum atomic E-state index is 12.9. The molecule has 0 heterocycles. The second-order valence-electron chi connectivity index (χ2n) is 6.36. The molecule has 3 N–H and O–H groups in total. The number of hydrogen-bond donors (Lipinski definition) is 3. The highest BCUT2D eigenvalue weighted by molar-refractivity contribution is 7.89. The number of sulfonamides is 1. The normalized spacial score (nSPS) is 13.2. The Hall–Kier alpha value is -2.64. The molecule has 0 aliphatic rings. The lowest BCUT2D eigenvalue weighted by Gasteiger charge is -2.32. The summed E-state index contributed by atoms with van der Waals surface area (Å²) in [5.74, 6) is -0.654. The molecule has 0 radical (unpaired) electrons. The van der Waals surface area contributed by atoms with Crippen molar-refractivity contribution >= 4 is 21.6 Å². The van der Waals surface area contributed by atoms with Crippen LogP contribution in [0.5, 0.6) is 0 Å². The van der Waals surface area contributed by atoms with Crippen LogP contribution >= 0.6 is 0 Å². The Morgan fingerprint density at radius 2 is 1.39 bits per heavy atom. The number of hydrogen-bond acceptors (Lipinski definition) is 4. The number of anilines is 1. The Morgan fingerprint density at radius 1 is 0.903 bits per heavy atom. The van der Waals surface area contributed by atoms with E-state index in [9.17, 15) is 44.7 Å². The molecule has 0 unspecified atom stereocenters. The number of carbonyl (C=O) groups is 1. The van der Waals surface area contributed by atoms with Crippen molar-refractivity contribution in [1.82, 2.24) is 4.72 Å². The highest BCUT2D eigenvalue weighted by atomic mass is 32.2. The molecule has 0 aliphatic carbocycles. The van der Waals surface area contributed by atoms with E-state index in [2.05, 4.69) is 10.0 Å². The molecule has 0 saturated carbocycles. The van der Waals surface area contributed by atoms with Crippen molar-refractivity contribution in [2.45, 2.75) is 29.3 Å². The van der Waals surface area contributed by atoms with Gasteiger partial charge >= 0.3 is 12.4 Å². The summed E-state index contributed by atoms with van der Waals surface area (Å²) in [6.07, 6.45) is -12.3. The molecule has 0 atom stereocenters. The van der Waals surface area contributed by atoms with E-state index in [1.807, 2.05) is 0 Å². The van der Waals surface area contributed by atoms with Gasteiger partial charge in [-0.25, -0.2) is 13.1 Å². The van der Waals surface area contributed by atoms with Crippen LogP contribution in [0.1, 0.15) is 11.1 Å². The molecule has 13 heteroatoms. The SMILES string of the molecule is CNS(=O)(=O)c1ccc(CC(=O)Nc2ccc(C(O)(C(F)(F)F)C(F)(F)F)cc2)cc1. The van der Waals surface area contributed by atoms with Gasteiger partial charge in [-0.2, -0.15) is 26.3 Å². The number of halogens is 6. The Bertz CT molecular complexity index is 1020. The maximum absolute atomic E-state index is 12.9. The van der Waals surface area contributed by atoms with Crippen molar-refractivity contribution in [3.63, 3.8) is 0 Å². The van der Waals surface area contributed by atoms with Crippen LogP contribution in [0, 0.1) is 0 Å². The number of rotatable bonds is 6. The number of nitrogens with one attached hydrogen (secondary N) is 2. The first kappa shape index (κ1) is 24.6. The largest absolute Gasteiger partial charge is 0.430 e. The smallest absolute Gasteiger partial charge is 0.369 e. The third kappa shape index (κ3) is 5.17. The van der Waals surface area contributed by atoms with E-state index in [1.165, 1.54) is 31.3 Å². The van der Waals surface area contributed by atoms with Crippen LogP contribution in [0.4, 0.5) is 32.0 Å². The van der Waals surface area contributed by atoms with E-state index in [4.69, 9.17) is 0 Å². The second kappa shape index (κ2) is 8.48. The lowest BCUT2D eigenvalue weighted by molar-refractivity contribution is -0.376. The predicted molar refractivity (Wildman–Crippen MR) is 97.5 cm³/mol.